The Hall–Kier alpha value is -0.410. The summed E-state index contributed by atoms with van der Waals surface area (Å²) in [5, 5.41) is 14.2. The number of hydrogen-bond acceptors (Lipinski definition) is 4. The zero-order valence-corrected chi connectivity index (χ0v) is 11.2. The Morgan fingerprint density at radius 2 is 2.40 bits per heavy atom. The highest BCUT2D eigenvalue weighted by atomic mass is 79.9. The van der Waals surface area contributed by atoms with Gasteiger partial charge in [-0.1, -0.05) is 0 Å². The van der Waals surface area contributed by atoms with E-state index in [1.165, 1.54) is 0 Å². The van der Waals surface area contributed by atoms with Crippen LogP contribution in [-0.2, 0) is 0 Å². The lowest BCUT2D eigenvalue weighted by atomic mass is 10.2. The van der Waals surface area contributed by atoms with Crippen molar-refractivity contribution in [1.82, 2.24) is 10.2 Å². The van der Waals surface area contributed by atoms with Crippen LogP contribution in [0.2, 0.25) is 0 Å². The van der Waals surface area contributed by atoms with E-state index >= 15 is 0 Å². The quantitative estimate of drug-likeness (QED) is 0.903. The van der Waals surface area contributed by atoms with Crippen LogP contribution in [-0.4, -0.2) is 32.1 Å². The molecule has 0 saturated carbocycles. The summed E-state index contributed by atoms with van der Waals surface area (Å²) in [5.41, 5.74) is 0. The van der Waals surface area contributed by atoms with Gasteiger partial charge in [0.05, 0.1) is 6.07 Å². The Kier molecular flexibility index (Phi) is 5.26. The molecule has 3 nitrogen and oxygen atoms in total. The van der Waals surface area contributed by atoms with Crippen molar-refractivity contribution in [1.29, 1.82) is 5.26 Å². The number of thiophene rings is 1. The second-order valence-corrected chi connectivity index (χ2v) is 5.35. The molecule has 1 aromatic rings. The van der Waals surface area contributed by atoms with Crippen molar-refractivity contribution < 1.29 is 0 Å². The molecule has 0 aromatic carbocycles. The predicted molar refractivity (Wildman–Crippen MR) is 66.9 cm³/mol. The average molecular weight is 288 g/mol. The number of halogens is 1. The first-order valence-electron chi connectivity index (χ1n) is 4.65. The molecule has 0 radical (unpaired) electrons. The van der Waals surface area contributed by atoms with E-state index in [0.29, 0.717) is 0 Å². The summed E-state index contributed by atoms with van der Waals surface area (Å²) in [6, 6.07) is 4.06. The van der Waals surface area contributed by atoms with Crippen LogP contribution in [0, 0.1) is 11.3 Å². The summed E-state index contributed by atoms with van der Waals surface area (Å²) >= 11 is 4.98. The summed E-state index contributed by atoms with van der Waals surface area (Å²) in [4.78, 5) is 3.15. The van der Waals surface area contributed by atoms with Gasteiger partial charge < -0.3 is 4.90 Å². The molecule has 82 valence electrons. The Balaban J connectivity index is 2.47. The van der Waals surface area contributed by atoms with E-state index in [9.17, 15) is 0 Å². The van der Waals surface area contributed by atoms with Gasteiger partial charge in [-0.2, -0.15) is 5.26 Å². The standard InChI is InChI=1S/C10H14BrN3S/c1-14(2)4-3-13-9(6-12)10-5-8(11)7-15-10/h5,7,9,13H,3-4H2,1-2H3. The number of nitrogens with one attached hydrogen (secondary N) is 1. The van der Waals surface area contributed by atoms with E-state index < -0.39 is 0 Å². The first-order valence-corrected chi connectivity index (χ1v) is 6.32. The maximum atomic E-state index is 9.02. The normalized spacial score (nSPS) is 12.7. The topological polar surface area (TPSA) is 39.1 Å². The lowest BCUT2D eigenvalue weighted by Gasteiger charge is -2.13. The van der Waals surface area contributed by atoms with Gasteiger partial charge in [0.1, 0.15) is 6.04 Å². The molecule has 1 atom stereocenters. The summed E-state index contributed by atoms with van der Waals surface area (Å²) in [6.45, 7) is 1.76. The molecule has 0 saturated heterocycles. The summed E-state index contributed by atoms with van der Waals surface area (Å²) in [6.07, 6.45) is 0. The molecule has 1 rings (SSSR count). The van der Waals surface area contributed by atoms with Gasteiger partial charge in [0, 0.05) is 27.8 Å². The summed E-state index contributed by atoms with van der Waals surface area (Å²) in [5.74, 6) is 0. The van der Waals surface area contributed by atoms with Crippen molar-refractivity contribution in [2.45, 2.75) is 6.04 Å². The molecule has 0 fully saturated rings. The van der Waals surface area contributed by atoms with Crippen molar-refractivity contribution in [3.8, 4) is 6.07 Å². The SMILES string of the molecule is CN(C)CCNC(C#N)c1cc(Br)cs1. The van der Waals surface area contributed by atoms with Crippen LogP contribution < -0.4 is 5.32 Å². The highest BCUT2D eigenvalue weighted by Gasteiger charge is 2.11. The lowest BCUT2D eigenvalue weighted by Crippen LogP contribution is -2.28. The zero-order chi connectivity index (χ0) is 11.3. The van der Waals surface area contributed by atoms with Crippen LogP contribution in [0.15, 0.2) is 15.9 Å². The maximum absolute atomic E-state index is 9.02. The monoisotopic (exact) mass is 287 g/mol. The Morgan fingerprint density at radius 3 is 2.87 bits per heavy atom. The van der Waals surface area contributed by atoms with E-state index in [1.54, 1.807) is 11.3 Å². The van der Waals surface area contributed by atoms with Gasteiger partial charge in [-0.15, -0.1) is 11.3 Å². The molecule has 0 aliphatic rings. The second kappa shape index (κ2) is 6.23. The molecule has 1 N–H and O–H groups in total. The fraction of sp³-hybridized carbons (Fsp3) is 0.500. The third kappa shape index (κ3) is 4.31. The summed E-state index contributed by atoms with van der Waals surface area (Å²) < 4.78 is 1.04. The minimum atomic E-state index is -0.193. The van der Waals surface area contributed by atoms with E-state index in [0.717, 1.165) is 22.4 Å². The fourth-order valence-electron chi connectivity index (χ4n) is 1.12. The van der Waals surface area contributed by atoms with Gasteiger partial charge >= 0.3 is 0 Å². The maximum Gasteiger partial charge on any atom is 0.130 e. The van der Waals surface area contributed by atoms with Crippen LogP contribution >= 0.6 is 27.3 Å². The largest absolute Gasteiger partial charge is 0.308 e. The van der Waals surface area contributed by atoms with Crippen LogP contribution in [0.1, 0.15) is 10.9 Å². The van der Waals surface area contributed by atoms with Crippen molar-refractivity contribution >= 4 is 27.3 Å². The van der Waals surface area contributed by atoms with Crippen LogP contribution in [0.3, 0.4) is 0 Å². The Bertz CT molecular complexity index is 343. The molecule has 0 amide bonds. The number of nitrogens with zero attached hydrogens (tertiary/aromatic N) is 2. The van der Waals surface area contributed by atoms with E-state index in [4.69, 9.17) is 5.26 Å². The van der Waals surface area contributed by atoms with Gasteiger partial charge in [0.2, 0.25) is 0 Å². The lowest BCUT2D eigenvalue weighted by molar-refractivity contribution is 0.395. The third-order valence-corrected chi connectivity index (χ3v) is 3.67. The van der Waals surface area contributed by atoms with Crippen LogP contribution in [0.5, 0.6) is 0 Å². The van der Waals surface area contributed by atoms with Crippen LogP contribution in [0.4, 0.5) is 0 Å². The number of likely N-dealkylation sites (N-methyl/N-ethyl adjacent to an activating group) is 1. The fourth-order valence-corrected chi connectivity index (χ4v) is 2.58. The molecular weight excluding hydrogens is 274 g/mol. The van der Waals surface area contributed by atoms with Crippen molar-refractivity contribution in [3.05, 3.63) is 20.8 Å². The molecule has 0 aliphatic carbocycles. The second-order valence-electron chi connectivity index (χ2n) is 3.49. The molecule has 15 heavy (non-hydrogen) atoms. The molecule has 5 heteroatoms. The van der Waals surface area contributed by atoms with Crippen molar-refractivity contribution in [2.75, 3.05) is 27.2 Å². The first-order chi connectivity index (χ1) is 7.13. The molecule has 1 heterocycles. The molecular formula is C10H14BrN3S. The molecule has 0 aliphatic heterocycles. The first kappa shape index (κ1) is 12.7. The Morgan fingerprint density at radius 1 is 1.67 bits per heavy atom. The molecule has 1 unspecified atom stereocenters. The van der Waals surface area contributed by atoms with E-state index in [2.05, 4.69) is 32.2 Å². The highest BCUT2D eigenvalue weighted by Crippen LogP contribution is 2.25. The molecule has 0 bridgehead atoms. The van der Waals surface area contributed by atoms with Gasteiger partial charge in [0.25, 0.3) is 0 Å². The molecule has 1 aromatic heterocycles. The van der Waals surface area contributed by atoms with Gasteiger partial charge in [-0.25, -0.2) is 0 Å². The minimum Gasteiger partial charge on any atom is -0.308 e. The predicted octanol–water partition coefficient (Wildman–Crippen LogP) is 2.23. The van der Waals surface area contributed by atoms with Crippen LogP contribution in [0.25, 0.3) is 0 Å². The van der Waals surface area contributed by atoms with E-state index in [-0.39, 0.29) is 6.04 Å². The van der Waals surface area contributed by atoms with Crippen molar-refractivity contribution in [3.63, 3.8) is 0 Å². The van der Waals surface area contributed by atoms with Crippen molar-refractivity contribution in [2.24, 2.45) is 0 Å². The third-order valence-electron chi connectivity index (χ3n) is 1.91. The highest BCUT2D eigenvalue weighted by molar-refractivity contribution is 9.10. The number of nitriles is 1. The van der Waals surface area contributed by atoms with Gasteiger partial charge in [-0.3, -0.25) is 5.32 Å². The number of hydrogen-bond donors (Lipinski definition) is 1. The summed E-state index contributed by atoms with van der Waals surface area (Å²) in [7, 11) is 4.04. The Labute approximate surface area is 103 Å². The minimum absolute atomic E-state index is 0.193. The molecule has 0 spiro atoms. The zero-order valence-electron chi connectivity index (χ0n) is 8.83. The van der Waals surface area contributed by atoms with Gasteiger partial charge in [-0.05, 0) is 36.1 Å². The van der Waals surface area contributed by atoms with E-state index in [1.807, 2.05) is 25.5 Å². The average Bonchev–Trinajstić information content (AvgIpc) is 2.59. The smallest absolute Gasteiger partial charge is 0.130 e. The number of rotatable bonds is 5. The van der Waals surface area contributed by atoms with Gasteiger partial charge in [0.15, 0.2) is 0 Å².